The normalized spacial score (nSPS) is 9.86. The number of aliphatic hydroxyl groups is 1. The first-order chi connectivity index (χ1) is 10.1. The van der Waals surface area contributed by atoms with Crippen molar-refractivity contribution in [3.8, 4) is 11.8 Å². The maximum absolute atomic E-state index is 12.1. The van der Waals surface area contributed by atoms with Gasteiger partial charge < -0.3 is 10.4 Å². The Hall–Kier alpha value is -1.87. The van der Waals surface area contributed by atoms with E-state index in [4.69, 9.17) is 16.7 Å². The molecule has 0 aliphatic carbocycles. The molecule has 0 saturated heterocycles. The van der Waals surface area contributed by atoms with Gasteiger partial charge in [0.25, 0.3) is 5.91 Å². The number of carbonyl (C=O) groups is 1. The summed E-state index contributed by atoms with van der Waals surface area (Å²) >= 11 is 7.37. The number of nitrogens with one attached hydrogen (secondary N) is 1. The van der Waals surface area contributed by atoms with E-state index in [1.54, 1.807) is 23.6 Å². The summed E-state index contributed by atoms with van der Waals surface area (Å²) in [5, 5.41) is 14.6. The molecule has 0 bridgehead atoms. The standard InChI is InChI=1S/C15H13ClN2O2S/c1-10-17-14(9-21-10)15(20)18-13-8-12(16)6-5-11(13)4-2-3-7-19/h5-6,8-9,19H,3,7H2,1H3,(H,18,20). The number of amides is 1. The average Bonchev–Trinajstić information content (AvgIpc) is 2.88. The van der Waals surface area contributed by atoms with Gasteiger partial charge in [0.15, 0.2) is 0 Å². The highest BCUT2D eigenvalue weighted by atomic mass is 35.5. The van der Waals surface area contributed by atoms with E-state index in [0.29, 0.717) is 28.4 Å². The van der Waals surface area contributed by atoms with E-state index in [0.717, 1.165) is 5.01 Å². The molecule has 0 aliphatic heterocycles. The molecule has 4 nitrogen and oxygen atoms in total. The van der Waals surface area contributed by atoms with E-state index in [1.807, 2.05) is 6.92 Å². The van der Waals surface area contributed by atoms with Gasteiger partial charge in [-0.15, -0.1) is 11.3 Å². The highest BCUT2D eigenvalue weighted by Crippen LogP contribution is 2.21. The molecule has 1 aromatic carbocycles. The Morgan fingerprint density at radius 2 is 2.33 bits per heavy atom. The zero-order valence-corrected chi connectivity index (χ0v) is 12.9. The zero-order valence-electron chi connectivity index (χ0n) is 11.3. The van der Waals surface area contributed by atoms with Crippen molar-refractivity contribution >= 4 is 34.5 Å². The van der Waals surface area contributed by atoms with Crippen molar-refractivity contribution in [1.82, 2.24) is 4.98 Å². The molecule has 0 unspecified atom stereocenters. The van der Waals surface area contributed by atoms with Crippen molar-refractivity contribution < 1.29 is 9.90 Å². The van der Waals surface area contributed by atoms with Crippen LogP contribution in [0.3, 0.4) is 0 Å². The van der Waals surface area contributed by atoms with E-state index in [1.165, 1.54) is 11.3 Å². The van der Waals surface area contributed by atoms with Crippen LogP contribution in [0.4, 0.5) is 5.69 Å². The fourth-order valence-electron chi connectivity index (χ4n) is 1.60. The van der Waals surface area contributed by atoms with Gasteiger partial charge in [-0.1, -0.05) is 23.4 Å². The molecule has 0 aliphatic rings. The Labute approximate surface area is 131 Å². The van der Waals surface area contributed by atoms with Crippen LogP contribution in [0, 0.1) is 18.8 Å². The summed E-state index contributed by atoms with van der Waals surface area (Å²) in [6, 6.07) is 5.07. The Balaban J connectivity index is 2.24. The number of hydrogen-bond donors (Lipinski definition) is 2. The van der Waals surface area contributed by atoms with E-state index < -0.39 is 0 Å². The largest absolute Gasteiger partial charge is 0.395 e. The fourth-order valence-corrected chi connectivity index (χ4v) is 2.36. The molecule has 1 heterocycles. The number of benzene rings is 1. The lowest BCUT2D eigenvalue weighted by molar-refractivity contribution is 0.102. The van der Waals surface area contributed by atoms with Crippen molar-refractivity contribution in [2.24, 2.45) is 0 Å². The number of halogens is 1. The maximum Gasteiger partial charge on any atom is 0.275 e. The van der Waals surface area contributed by atoms with E-state index in [9.17, 15) is 4.79 Å². The molecule has 0 atom stereocenters. The van der Waals surface area contributed by atoms with Crippen molar-refractivity contribution in [3.05, 3.63) is 44.9 Å². The molecular weight excluding hydrogens is 308 g/mol. The number of aromatic nitrogens is 1. The lowest BCUT2D eigenvalue weighted by Crippen LogP contribution is -2.13. The fraction of sp³-hybridized carbons (Fsp3) is 0.200. The molecule has 1 amide bonds. The second-order valence-corrected chi connectivity index (χ2v) is 5.67. The minimum absolute atomic E-state index is 0.000380. The monoisotopic (exact) mass is 320 g/mol. The van der Waals surface area contributed by atoms with Crippen LogP contribution >= 0.6 is 22.9 Å². The molecule has 0 spiro atoms. The van der Waals surface area contributed by atoms with Crippen molar-refractivity contribution in [1.29, 1.82) is 0 Å². The molecule has 0 fully saturated rings. The van der Waals surface area contributed by atoms with Gasteiger partial charge in [0.1, 0.15) is 5.69 Å². The van der Waals surface area contributed by atoms with Crippen molar-refractivity contribution in [2.75, 3.05) is 11.9 Å². The lowest BCUT2D eigenvalue weighted by Gasteiger charge is -2.06. The minimum Gasteiger partial charge on any atom is -0.395 e. The Morgan fingerprint density at radius 3 is 3.00 bits per heavy atom. The predicted molar refractivity (Wildman–Crippen MR) is 84.8 cm³/mol. The molecule has 2 N–H and O–H groups in total. The van der Waals surface area contributed by atoms with Crippen LogP contribution in [0.1, 0.15) is 27.5 Å². The Kier molecular flexibility index (Phi) is 5.34. The summed E-state index contributed by atoms with van der Waals surface area (Å²) in [6.45, 7) is 1.84. The number of hydrogen-bond acceptors (Lipinski definition) is 4. The van der Waals surface area contributed by atoms with Crippen LogP contribution in [0.15, 0.2) is 23.6 Å². The molecule has 108 valence electrons. The van der Waals surface area contributed by atoms with Gasteiger partial charge in [0, 0.05) is 22.4 Å². The topological polar surface area (TPSA) is 62.2 Å². The minimum atomic E-state index is -0.299. The summed E-state index contributed by atoms with van der Waals surface area (Å²) in [4.78, 5) is 16.3. The average molecular weight is 321 g/mol. The highest BCUT2D eigenvalue weighted by molar-refractivity contribution is 7.09. The first kappa shape index (κ1) is 15.5. The number of anilines is 1. The summed E-state index contributed by atoms with van der Waals surface area (Å²) in [5.41, 5.74) is 1.54. The van der Waals surface area contributed by atoms with E-state index >= 15 is 0 Å². The molecule has 6 heteroatoms. The van der Waals surface area contributed by atoms with Crippen LogP contribution in [-0.2, 0) is 0 Å². The first-order valence-corrected chi connectivity index (χ1v) is 7.48. The SMILES string of the molecule is Cc1nc(C(=O)Nc2cc(Cl)ccc2C#CCCO)cs1. The summed E-state index contributed by atoms with van der Waals surface area (Å²) in [6.07, 6.45) is 0.376. The van der Waals surface area contributed by atoms with Gasteiger partial charge in [-0.05, 0) is 25.1 Å². The van der Waals surface area contributed by atoms with Crippen LogP contribution < -0.4 is 5.32 Å². The Morgan fingerprint density at radius 1 is 1.52 bits per heavy atom. The first-order valence-electron chi connectivity index (χ1n) is 6.23. The smallest absolute Gasteiger partial charge is 0.275 e. The van der Waals surface area contributed by atoms with Gasteiger partial charge >= 0.3 is 0 Å². The number of carbonyl (C=O) groups excluding carboxylic acids is 1. The van der Waals surface area contributed by atoms with Gasteiger partial charge in [-0.25, -0.2) is 4.98 Å². The molecule has 0 saturated carbocycles. The number of thiazole rings is 1. The molecule has 1 aromatic heterocycles. The van der Waals surface area contributed by atoms with Gasteiger partial charge in [-0.3, -0.25) is 4.79 Å². The lowest BCUT2D eigenvalue weighted by atomic mass is 10.1. The molecular formula is C15H13ClN2O2S. The van der Waals surface area contributed by atoms with Crippen LogP contribution in [-0.4, -0.2) is 22.6 Å². The van der Waals surface area contributed by atoms with Crippen molar-refractivity contribution in [3.63, 3.8) is 0 Å². The number of aliphatic hydroxyl groups excluding tert-OH is 1. The summed E-state index contributed by atoms with van der Waals surface area (Å²) in [5.74, 6) is 5.42. The van der Waals surface area contributed by atoms with Gasteiger partial charge in [-0.2, -0.15) is 0 Å². The number of rotatable bonds is 3. The summed E-state index contributed by atoms with van der Waals surface area (Å²) < 4.78 is 0. The molecule has 21 heavy (non-hydrogen) atoms. The highest BCUT2D eigenvalue weighted by Gasteiger charge is 2.11. The Bertz CT molecular complexity index is 716. The van der Waals surface area contributed by atoms with E-state index in [-0.39, 0.29) is 12.5 Å². The predicted octanol–water partition coefficient (Wildman–Crippen LogP) is 3.09. The third-order valence-electron chi connectivity index (χ3n) is 2.54. The van der Waals surface area contributed by atoms with Crippen molar-refractivity contribution in [2.45, 2.75) is 13.3 Å². The summed E-state index contributed by atoms with van der Waals surface area (Å²) in [7, 11) is 0. The van der Waals surface area contributed by atoms with Crippen LogP contribution in [0.25, 0.3) is 0 Å². The van der Waals surface area contributed by atoms with Crippen LogP contribution in [0.5, 0.6) is 0 Å². The third-order valence-corrected chi connectivity index (χ3v) is 3.55. The maximum atomic E-state index is 12.1. The van der Waals surface area contributed by atoms with Gasteiger partial charge in [0.05, 0.1) is 17.3 Å². The van der Waals surface area contributed by atoms with Gasteiger partial charge in [0.2, 0.25) is 0 Å². The molecule has 0 radical (unpaired) electrons. The second kappa shape index (κ2) is 7.23. The third kappa shape index (κ3) is 4.30. The van der Waals surface area contributed by atoms with Crippen LogP contribution in [0.2, 0.25) is 5.02 Å². The quantitative estimate of drug-likeness (QED) is 0.854. The van der Waals surface area contributed by atoms with E-state index in [2.05, 4.69) is 22.1 Å². The zero-order chi connectivity index (χ0) is 15.2. The second-order valence-electron chi connectivity index (χ2n) is 4.17. The number of nitrogens with zero attached hydrogens (tertiary/aromatic N) is 1. The molecule has 2 aromatic rings. The molecule has 2 rings (SSSR count). The number of aryl methyl sites for hydroxylation is 1.